The van der Waals surface area contributed by atoms with Crippen LogP contribution in [0, 0.1) is 11.3 Å². The zero-order chi connectivity index (χ0) is 16.7. The summed E-state index contributed by atoms with van der Waals surface area (Å²) < 4.78 is 10.4. The molecule has 0 spiro atoms. The predicted octanol–water partition coefficient (Wildman–Crippen LogP) is 2.80. The maximum Gasteiger partial charge on any atom is 0.311 e. The molecule has 0 aromatic heterocycles. The molecule has 0 amide bonds. The Labute approximate surface area is 149 Å². The molecule has 1 saturated heterocycles. The molecule has 2 rings (SSSR count). The van der Waals surface area contributed by atoms with Crippen LogP contribution in [0.3, 0.4) is 0 Å². The highest BCUT2D eigenvalue weighted by Crippen LogP contribution is 2.22. The van der Waals surface area contributed by atoms with Gasteiger partial charge in [0.05, 0.1) is 7.11 Å². The number of carbonyl (C=O) groups is 1. The number of methoxy groups -OCH3 is 1. The summed E-state index contributed by atoms with van der Waals surface area (Å²) in [4.78, 5) is 13.8. The second-order valence-corrected chi connectivity index (χ2v) is 5.88. The van der Waals surface area contributed by atoms with Crippen molar-refractivity contribution in [3.8, 4) is 11.5 Å². The maximum absolute atomic E-state index is 11.9. The van der Waals surface area contributed by atoms with Crippen LogP contribution in [-0.4, -0.2) is 37.0 Å². The number of rotatable bonds is 6. The minimum atomic E-state index is -0.214. The monoisotopic (exact) mass is 355 g/mol. The number of guanidine groups is 1. The van der Waals surface area contributed by atoms with Crippen molar-refractivity contribution in [2.24, 2.45) is 11.7 Å². The SMILES string of the molecule is COc1ccc(OC(=O)CCCC2CCCN(C(=N)N)C2)cc1.Cl. The van der Waals surface area contributed by atoms with E-state index in [4.69, 9.17) is 20.6 Å². The number of likely N-dealkylation sites (tertiary alicyclic amines) is 1. The van der Waals surface area contributed by atoms with E-state index in [0.717, 1.165) is 44.5 Å². The highest BCUT2D eigenvalue weighted by atomic mass is 35.5. The minimum absolute atomic E-state index is 0. The van der Waals surface area contributed by atoms with Gasteiger partial charge in [-0.15, -0.1) is 12.4 Å². The second kappa shape index (κ2) is 10.0. The van der Waals surface area contributed by atoms with Gasteiger partial charge in [-0.05, 0) is 55.9 Å². The van der Waals surface area contributed by atoms with Gasteiger partial charge in [0.2, 0.25) is 0 Å². The van der Waals surface area contributed by atoms with Crippen molar-refractivity contribution >= 4 is 24.3 Å². The Morgan fingerprint density at radius 2 is 2.00 bits per heavy atom. The zero-order valence-corrected chi connectivity index (χ0v) is 14.8. The lowest BCUT2D eigenvalue weighted by molar-refractivity contribution is -0.134. The van der Waals surface area contributed by atoms with E-state index < -0.39 is 0 Å². The van der Waals surface area contributed by atoms with Crippen molar-refractivity contribution < 1.29 is 14.3 Å². The zero-order valence-electron chi connectivity index (χ0n) is 14.0. The third kappa shape index (κ3) is 6.28. The lowest BCUT2D eigenvalue weighted by Gasteiger charge is -2.32. The van der Waals surface area contributed by atoms with Crippen LogP contribution in [0.2, 0.25) is 0 Å². The average molecular weight is 356 g/mol. The number of nitrogens with one attached hydrogen (secondary N) is 1. The smallest absolute Gasteiger partial charge is 0.311 e. The third-order valence-corrected chi connectivity index (χ3v) is 4.14. The van der Waals surface area contributed by atoms with Crippen LogP contribution in [0.25, 0.3) is 0 Å². The van der Waals surface area contributed by atoms with E-state index in [0.29, 0.717) is 18.1 Å². The first-order valence-electron chi connectivity index (χ1n) is 8.02. The Kier molecular flexibility index (Phi) is 8.40. The molecule has 1 atom stereocenters. The van der Waals surface area contributed by atoms with Gasteiger partial charge in [0.25, 0.3) is 0 Å². The largest absolute Gasteiger partial charge is 0.497 e. The van der Waals surface area contributed by atoms with Gasteiger partial charge in [-0.1, -0.05) is 0 Å². The second-order valence-electron chi connectivity index (χ2n) is 5.88. The Morgan fingerprint density at radius 3 is 2.62 bits per heavy atom. The first kappa shape index (κ1) is 20.1. The molecular weight excluding hydrogens is 330 g/mol. The third-order valence-electron chi connectivity index (χ3n) is 4.14. The number of hydrogen-bond donors (Lipinski definition) is 2. The fourth-order valence-electron chi connectivity index (χ4n) is 2.88. The van der Waals surface area contributed by atoms with Crippen LogP contribution in [0.15, 0.2) is 24.3 Å². The first-order chi connectivity index (χ1) is 11.1. The summed E-state index contributed by atoms with van der Waals surface area (Å²) in [5.74, 6) is 1.71. The molecule has 0 aliphatic carbocycles. The lowest BCUT2D eigenvalue weighted by atomic mass is 9.93. The van der Waals surface area contributed by atoms with E-state index in [9.17, 15) is 4.79 Å². The Morgan fingerprint density at radius 1 is 1.33 bits per heavy atom. The van der Waals surface area contributed by atoms with Crippen LogP contribution in [0.4, 0.5) is 0 Å². The number of carbonyl (C=O) groups excluding carboxylic acids is 1. The highest BCUT2D eigenvalue weighted by molar-refractivity contribution is 5.85. The molecule has 1 aliphatic rings. The fourth-order valence-corrected chi connectivity index (χ4v) is 2.88. The maximum atomic E-state index is 11.9. The number of benzene rings is 1. The van der Waals surface area contributed by atoms with E-state index in [1.807, 2.05) is 4.90 Å². The van der Waals surface area contributed by atoms with E-state index in [2.05, 4.69) is 0 Å². The molecule has 0 radical (unpaired) electrons. The molecule has 1 fully saturated rings. The van der Waals surface area contributed by atoms with Gasteiger partial charge in [0.1, 0.15) is 11.5 Å². The van der Waals surface area contributed by atoms with Gasteiger partial charge in [0, 0.05) is 19.5 Å². The molecule has 7 heteroatoms. The molecule has 1 aliphatic heterocycles. The highest BCUT2D eigenvalue weighted by Gasteiger charge is 2.20. The minimum Gasteiger partial charge on any atom is -0.497 e. The Hall–Kier alpha value is -1.95. The van der Waals surface area contributed by atoms with E-state index >= 15 is 0 Å². The molecule has 1 unspecified atom stereocenters. The number of ether oxygens (including phenoxy) is 2. The summed E-state index contributed by atoms with van der Waals surface area (Å²) in [6.45, 7) is 1.69. The number of nitrogens with two attached hydrogens (primary N) is 1. The molecule has 1 aromatic carbocycles. The number of piperidine rings is 1. The van der Waals surface area contributed by atoms with Crippen molar-refractivity contribution in [2.75, 3.05) is 20.2 Å². The van der Waals surface area contributed by atoms with Crippen molar-refractivity contribution in [3.63, 3.8) is 0 Å². The molecule has 1 heterocycles. The van der Waals surface area contributed by atoms with Crippen molar-refractivity contribution in [3.05, 3.63) is 24.3 Å². The summed E-state index contributed by atoms with van der Waals surface area (Å²) in [6, 6.07) is 6.98. The lowest BCUT2D eigenvalue weighted by Crippen LogP contribution is -2.43. The van der Waals surface area contributed by atoms with Crippen LogP contribution in [0.1, 0.15) is 32.1 Å². The molecule has 0 saturated carbocycles. The Bertz CT molecular complexity index is 536. The molecular formula is C17H26ClN3O3. The van der Waals surface area contributed by atoms with Crippen LogP contribution >= 0.6 is 12.4 Å². The molecule has 3 N–H and O–H groups in total. The normalized spacial score (nSPS) is 16.9. The van der Waals surface area contributed by atoms with Crippen LogP contribution in [0.5, 0.6) is 11.5 Å². The first-order valence-corrected chi connectivity index (χ1v) is 8.02. The molecule has 134 valence electrons. The fraction of sp³-hybridized carbons (Fsp3) is 0.529. The van der Waals surface area contributed by atoms with Crippen LogP contribution < -0.4 is 15.2 Å². The molecule has 0 bridgehead atoms. The molecule has 24 heavy (non-hydrogen) atoms. The van der Waals surface area contributed by atoms with Crippen molar-refractivity contribution in [2.45, 2.75) is 32.1 Å². The predicted molar refractivity (Wildman–Crippen MR) is 95.9 cm³/mol. The molecule has 6 nitrogen and oxygen atoms in total. The van der Waals surface area contributed by atoms with Crippen molar-refractivity contribution in [1.29, 1.82) is 5.41 Å². The van der Waals surface area contributed by atoms with Gasteiger partial charge in [-0.25, -0.2) is 0 Å². The topological polar surface area (TPSA) is 88.6 Å². The number of halogens is 1. The summed E-state index contributed by atoms with van der Waals surface area (Å²) in [5, 5.41) is 7.50. The van der Waals surface area contributed by atoms with Gasteiger partial charge in [-0.3, -0.25) is 10.2 Å². The number of hydrogen-bond acceptors (Lipinski definition) is 4. The summed E-state index contributed by atoms with van der Waals surface area (Å²) in [6.07, 6.45) is 4.35. The van der Waals surface area contributed by atoms with Gasteiger partial charge in [-0.2, -0.15) is 0 Å². The molecule has 1 aromatic rings. The van der Waals surface area contributed by atoms with E-state index in [1.165, 1.54) is 0 Å². The Balaban J connectivity index is 0.00000288. The van der Waals surface area contributed by atoms with Crippen molar-refractivity contribution in [1.82, 2.24) is 4.90 Å². The van der Waals surface area contributed by atoms with Crippen LogP contribution in [-0.2, 0) is 4.79 Å². The number of nitrogens with zero attached hydrogens (tertiary/aromatic N) is 1. The van der Waals surface area contributed by atoms with E-state index in [-0.39, 0.29) is 24.3 Å². The van der Waals surface area contributed by atoms with Gasteiger partial charge >= 0.3 is 5.97 Å². The summed E-state index contributed by atoms with van der Waals surface area (Å²) >= 11 is 0. The van der Waals surface area contributed by atoms with Gasteiger partial charge < -0.3 is 20.1 Å². The standard InChI is InChI=1S/C17H25N3O3.ClH/c1-22-14-7-9-15(10-8-14)23-16(21)6-2-4-13-5-3-11-20(12-13)17(18)19;/h7-10,13H,2-6,11-12H2,1H3,(H3,18,19);1H. The summed E-state index contributed by atoms with van der Waals surface area (Å²) in [7, 11) is 1.60. The average Bonchev–Trinajstić information content (AvgIpc) is 2.56. The number of esters is 1. The quantitative estimate of drug-likeness (QED) is 0.354. The van der Waals surface area contributed by atoms with E-state index in [1.54, 1.807) is 31.4 Å². The summed E-state index contributed by atoms with van der Waals surface area (Å²) in [5.41, 5.74) is 5.54. The van der Waals surface area contributed by atoms with Gasteiger partial charge in [0.15, 0.2) is 5.96 Å².